The van der Waals surface area contributed by atoms with Gasteiger partial charge in [0.2, 0.25) is 5.91 Å². The fourth-order valence-corrected chi connectivity index (χ4v) is 4.40. The van der Waals surface area contributed by atoms with Crippen molar-refractivity contribution < 1.29 is 9.18 Å². The molecular weight excluding hydrogens is 387 g/mol. The standard InChI is InChI=1S/C22H21FN4OS/c1-3-13-27-20(17-8-10-18(23)11-9-17)24-25-22(27)29-15(2)21(28)26-14-12-16-6-4-5-7-19(16)26/h3-11,15H,1,12-14H2,2H3/t15-/m0/s1. The Morgan fingerprint density at radius 2 is 2.00 bits per heavy atom. The van der Waals surface area contributed by atoms with Crippen molar-refractivity contribution in [3.8, 4) is 11.4 Å². The Labute approximate surface area is 173 Å². The number of carbonyl (C=O) groups excluding carboxylic acids is 1. The number of carbonyl (C=O) groups is 1. The Hall–Kier alpha value is -2.93. The highest BCUT2D eigenvalue weighted by atomic mass is 32.2. The lowest BCUT2D eigenvalue weighted by molar-refractivity contribution is -0.117. The number of halogens is 1. The van der Waals surface area contributed by atoms with Crippen LogP contribution in [0, 0.1) is 5.82 Å². The van der Waals surface area contributed by atoms with Gasteiger partial charge in [0.1, 0.15) is 5.82 Å². The zero-order valence-electron chi connectivity index (χ0n) is 16.1. The molecule has 1 atom stereocenters. The van der Waals surface area contributed by atoms with E-state index in [1.807, 2.05) is 34.6 Å². The van der Waals surface area contributed by atoms with Crippen molar-refractivity contribution in [1.82, 2.24) is 14.8 Å². The van der Waals surface area contributed by atoms with Gasteiger partial charge in [-0.2, -0.15) is 0 Å². The van der Waals surface area contributed by atoms with Crippen LogP contribution >= 0.6 is 11.8 Å². The summed E-state index contributed by atoms with van der Waals surface area (Å²) in [7, 11) is 0. The zero-order valence-corrected chi connectivity index (χ0v) is 16.9. The van der Waals surface area contributed by atoms with Gasteiger partial charge in [-0.15, -0.1) is 16.8 Å². The van der Waals surface area contributed by atoms with Crippen LogP contribution in [-0.2, 0) is 17.8 Å². The maximum Gasteiger partial charge on any atom is 0.240 e. The lowest BCUT2D eigenvalue weighted by Gasteiger charge is -2.21. The molecule has 4 rings (SSSR count). The Bertz CT molecular complexity index is 1050. The minimum atomic E-state index is -0.324. The molecule has 0 unspecified atom stereocenters. The van der Waals surface area contributed by atoms with E-state index in [2.05, 4.69) is 22.8 Å². The van der Waals surface area contributed by atoms with Crippen molar-refractivity contribution in [2.75, 3.05) is 11.4 Å². The molecule has 1 aliphatic heterocycles. The third-order valence-corrected chi connectivity index (χ3v) is 5.98. The number of amides is 1. The summed E-state index contributed by atoms with van der Waals surface area (Å²) in [6, 6.07) is 14.1. The molecule has 5 nitrogen and oxygen atoms in total. The number of para-hydroxylation sites is 1. The second-order valence-corrected chi connectivity index (χ2v) is 8.15. The molecule has 2 heterocycles. The number of rotatable bonds is 6. The summed E-state index contributed by atoms with van der Waals surface area (Å²) in [4.78, 5) is 14.9. The van der Waals surface area contributed by atoms with E-state index in [9.17, 15) is 9.18 Å². The maximum absolute atomic E-state index is 13.3. The molecular formula is C22H21FN4OS. The van der Waals surface area contributed by atoms with E-state index in [4.69, 9.17) is 0 Å². The Balaban J connectivity index is 1.57. The minimum absolute atomic E-state index is 0.0523. The van der Waals surface area contributed by atoms with E-state index in [0.29, 0.717) is 24.1 Å². The maximum atomic E-state index is 13.3. The van der Waals surface area contributed by atoms with E-state index in [1.165, 1.54) is 29.5 Å². The van der Waals surface area contributed by atoms with E-state index < -0.39 is 0 Å². The molecule has 1 aliphatic rings. The smallest absolute Gasteiger partial charge is 0.240 e. The van der Waals surface area contributed by atoms with Crippen LogP contribution in [0.2, 0.25) is 0 Å². The van der Waals surface area contributed by atoms with Gasteiger partial charge >= 0.3 is 0 Å². The van der Waals surface area contributed by atoms with Gasteiger partial charge < -0.3 is 4.90 Å². The Kier molecular flexibility index (Phi) is 5.49. The van der Waals surface area contributed by atoms with Gasteiger partial charge in [0.05, 0.1) is 5.25 Å². The first-order valence-corrected chi connectivity index (χ1v) is 10.3. The average Bonchev–Trinajstić information content (AvgIpc) is 3.33. The van der Waals surface area contributed by atoms with Gasteiger partial charge in [-0.05, 0) is 49.2 Å². The molecule has 2 aromatic carbocycles. The van der Waals surface area contributed by atoms with Crippen LogP contribution in [-0.4, -0.2) is 32.5 Å². The normalized spacial score (nSPS) is 13.9. The fraction of sp³-hybridized carbons (Fsp3) is 0.227. The van der Waals surface area contributed by atoms with Crippen LogP contribution in [0.15, 0.2) is 66.3 Å². The third-order valence-electron chi connectivity index (χ3n) is 4.91. The fourth-order valence-electron chi connectivity index (χ4n) is 3.48. The topological polar surface area (TPSA) is 51.0 Å². The lowest BCUT2D eigenvalue weighted by atomic mass is 10.2. The summed E-state index contributed by atoms with van der Waals surface area (Å²) in [5, 5.41) is 8.88. The van der Waals surface area contributed by atoms with Crippen molar-refractivity contribution in [2.45, 2.75) is 30.3 Å². The van der Waals surface area contributed by atoms with Crippen molar-refractivity contribution in [2.24, 2.45) is 0 Å². The number of aromatic nitrogens is 3. The minimum Gasteiger partial charge on any atom is -0.311 e. The summed E-state index contributed by atoms with van der Waals surface area (Å²) in [6.07, 6.45) is 2.63. The lowest BCUT2D eigenvalue weighted by Crippen LogP contribution is -2.35. The number of nitrogens with zero attached hydrogens (tertiary/aromatic N) is 4. The summed E-state index contributed by atoms with van der Waals surface area (Å²) < 4.78 is 15.2. The van der Waals surface area contributed by atoms with Crippen LogP contribution in [0.4, 0.5) is 10.1 Å². The molecule has 7 heteroatoms. The molecule has 3 aromatic rings. The quantitative estimate of drug-likeness (QED) is 0.450. The second-order valence-electron chi connectivity index (χ2n) is 6.84. The molecule has 0 fully saturated rings. The first-order chi connectivity index (χ1) is 14.1. The van der Waals surface area contributed by atoms with Gasteiger partial charge in [0.15, 0.2) is 11.0 Å². The summed E-state index contributed by atoms with van der Waals surface area (Å²) in [6.45, 7) is 6.89. The number of anilines is 1. The SMILES string of the molecule is C=CCn1c(S[C@@H](C)C(=O)N2CCc3ccccc32)nnc1-c1ccc(F)cc1. The molecule has 148 valence electrons. The highest BCUT2D eigenvalue weighted by molar-refractivity contribution is 8.00. The molecule has 0 saturated carbocycles. The molecule has 0 aliphatic carbocycles. The van der Waals surface area contributed by atoms with Crippen LogP contribution < -0.4 is 4.90 Å². The van der Waals surface area contributed by atoms with Gasteiger partial charge in [0.25, 0.3) is 0 Å². The molecule has 1 aromatic heterocycles. The Morgan fingerprint density at radius 3 is 2.76 bits per heavy atom. The van der Waals surface area contributed by atoms with Crippen molar-refractivity contribution in [1.29, 1.82) is 0 Å². The monoisotopic (exact) mass is 408 g/mol. The van der Waals surface area contributed by atoms with Gasteiger partial charge in [-0.25, -0.2) is 4.39 Å². The molecule has 29 heavy (non-hydrogen) atoms. The second kappa shape index (κ2) is 8.21. The largest absolute Gasteiger partial charge is 0.311 e. The van der Waals surface area contributed by atoms with Crippen LogP contribution in [0.5, 0.6) is 0 Å². The number of hydrogen-bond donors (Lipinski definition) is 0. The third kappa shape index (κ3) is 3.82. The number of thioether (sulfide) groups is 1. The predicted molar refractivity (Wildman–Crippen MR) is 113 cm³/mol. The number of allylic oxidation sites excluding steroid dienone is 1. The predicted octanol–water partition coefficient (Wildman–Crippen LogP) is 4.34. The molecule has 1 amide bonds. The first-order valence-electron chi connectivity index (χ1n) is 9.44. The molecule has 0 spiro atoms. The molecule has 0 radical (unpaired) electrons. The molecule has 0 saturated heterocycles. The zero-order chi connectivity index (χ0) is 20.4. The average molecular weight is 409 g/mol. The Morgan fingerprint density at radius 1 is 1.24 bits per heavy atom. The van der Waals surface area contributed by atoms with Gasteiger partial charge in [-0.1, -0.05) is 36.0 Å². The van der Waals surface area contributed by atoms with Crippen molar-refractivity contribution >= 4 is 23.4 Å². The van der Waals surface area contributed by atoms with Gasteiger partial charge in [0, 0.05) is 24.3 Å². The number of benzene rings is 2. The van der Waals surface area contributed by atoms with E-state index >= 15 is 0 Å². The summed E-state index contributed by atoms with van der Waals surface area (Å²) in [5.74, 6) is 0.373. The highest BCUT2D eigenvalue weighted by Gasteiger charge is 2.29. The van der Waals surface area contributed by atoms with Crippen molar-refractivity contribution in [3.63, 3.8) is 0 Å². The first kappa shape index (κ1) is 19.4. The van der Waals surface area contributed by atoms with E-state index in [1.54, 1.807) is 18.2 Å². The van der Waals surface area contributed by atoms with E-state index in [-0.39, 0.29) is 17.0 Å². The molecule has 0 N–H and O–H groups in total. The summed E-state index contributed by atoms with van der Waals surface area (Å²) in [5.41, 5.74) is 2.95. The summed E-state index contributed by atoms with van der Waals surface area (Å²) >= 11 is 1.37. The van der Waals surface area contributed by atoms with Crippen LogP contribution in [0.3, 0.4) is 0 Å². The van der Waals surface area contributed by atoms with E-state index in [0.717, 1.165) is 17.7 Å². The number of hydrogen-bond acceptors (Lipinski definition) is 4. The number of fused-ring (bicyclic) bond motifs is 1. The van der Waals surface area contributed by atoms with Crippen LogP contribution in [0.25, 0.3) is 11.4 Å². The van der Waals surface area contributed by atoms with Crippen molar-refractivity contribution in [3.05, 3.63) is 72.6 Å². The van der Waals surface area contributed by atoms with Crippen LogP contribution in [0.1, 0.15) is 12.5 Å². The molecule has 0 bridgehead atoms. The van der Waals surface area contributed by atoms with Gasteiger partial charge in [-0.3, -0.25) is 9.36 Å². The highest BCUT2D eigenvalue weighted by Crippen LogP contribution is 2.32.